The Morgan fingerprint density at radius 3 is 2.94 bits per heavy atom. The van der Waals surface area contributed by atoms with Gasteiger partial charge >= 0.3 is 0 Å². The van der Waals surface area contributed by atoms with Crippen LogP contribution in [0, 0.1) is 6.92 Å². The van der Waals surface area contributed by atoms with Crippen molar-refractivity contribution in [2.24, 2.45) is 0 Å². The first-order chi connectivity index (χ1) is 7.63. The van der Waals surface area contributed by atoms with Crippen molar-refractivity contribution in [2.45, 2.75) is 6.92 Å². The van der Waals surface area contributed by atoms with Crippen LogP contribution < -0.4 is 5.73 Å². The molecule has 0 aliphatic heterocycles. The molecule has 4 heteroatoms. The van der Waals surface area contributed by atoms with E-state index in [1.54, 1.807) is 0 Å². The van der Waals surface area contributed by atoms with E-state index < -0.39 is 0 Å². The van der Waals surface area contributed by atoms with Gasteiger partial charge in [0.05, 0.1) is 16.6 Å². The number of anilines is 1. The van der Waals surface area contributed by atoms with Gasteiger partial charge in [0.1, 0.15) is 5.94 Å². The first kappa shape index (κ1) is 10.6. The van der Waals surface area contributed by atoms with Crippen LogP contribution in [0.1, 0.15) is 15.9 Å². The van der Waals surface area contributed by atoms with E-state index in [-0.39, 0.29) is 5.78 Å². The second-order valence-corrected chi connectivity index (χ2v) is 4.55. The zero-order valence-electron chi connectivity index (χ0n) is 8.61. The maximum atomic E-state index is 11.6. The fourth-order valence-electron chi connectivity index (χ4n) is 1.60. The van der Waals surface area contributed by atoms with Crippen LogP contribution in [0.4, 0.5) is 5.00 Å². The zero-order valence-corrected chi connectivity index (χ0v) is 9.43. The summed E-state index contributed by atoms with van der Waals surface area (Å²) in [7, 11) is 0. The summed E-state index contributed by atoms with van der Waals surface area (Å²) in [6.45, 7) is 1.97. The van der Waals surface area contributed by atoms with E-state index in [9.17, 15) is 9.59 Å². The number of aryl methyl sites for hydroxylation is 1. The molecule has 0 aliphatic rings. The molecule has 0 fully saturated rings. The lowest BCUT2D eigenvalue weighted by Gasteiger charge is -1.95. The Kier molecular flexibility index (Phi) is 2.60. The van der Waals surface area contributed by atoms with E-state index in [0.717, 1.165) is 21.7 Å². The highest BCUT2D eigenvalue weighted by atomic mass is 32.1. The summed E-state index contributed by atoms with van der Waals surface area (Å²) in [5, 5.41) is 1.24. The maximum absolute atomic E-state index is 11.6. The fourth-order valence-corrected chi connectivity index (χ4v) is 2.68. The Morgan fingerprint density at radius 1 is 1.50 bits per heavy atom. The number of allylic oxidation sites excluding steroid dienone is 1. The van der Waals surface area contributed by atoms with Crippen LogP contribution in [0.5, 0.6) is 0 Å². The number of fused-ring (bicyclic) bond motifs is 1. The lowest BCUT2D eigenvalue weighted by Crippen LogP contribution is -1.97. The van der Waals surface area contributed by atoms with Crippen LogP contribution >= 0.6 is 11.3 Å². The summed E-state index contributed by atoms with van der Waals surface area (Å²) in [4.78, 5) is 21.8. The zero-order chi connectivity index (χ0) is 11.7. The van der Waals surface area contributed by atoms with Gasteiger partial charge in [-0.05, 0) is 18.6 Å². The Balaban J connectivity index is 2.74. The van der Waals surface area contributed by atoms with Crippen LogP contribution in [-0.4, -0.2) is 11.7 Å². The summed E-state index contributed by atoms with van der Waals surface area (Å²) < 4.78 is 0.958. The molecule has 0 spiro atoms. The van der Waals surface area contributed by atoms with Crippen LogP contribution in [0.3, 0.4) is 0 Å². The van der Waals surface area contributed by atoms with Crippen LogP contribution in [0.15, 0.2) is 24.3 Å². The molecule has 1 aromatic carbocycles. The van der Waals surface area contributed by atoms with E-state index in [2.05, 4.69) is 0 Å². The number of carbonyl (C=O) groups is 1. The van der Waals surface area contributed by atoms with Gasteiger partial charge in [0.25, 0.3) is 0 Å². The lowest BCUT2D eigenvalue weighted by atomic mass is 10.1. The summed E-state index contributed by atoms with van der Waals surface area (Å²) >= 11 is 1.35. The number of rotatable bonds is 2. The van der Waals surface area contributed by atoms with E-state index in [0.29, 0.717) is 10.6 Å². The van der Waals surface area contributed by atoms with Crippen molar-refractivity contribution in [3.05, 3.63) is 35.4 Å². The Labute approximate surface area is 96.2 Å². The molecule has 16 heavy (non-hydrogen) atoms. The van der Waals surface area contributed by atoms with Gasteiger partial charge in [-0.3, -0.25) is 4.79 Å². The van der Waals surface area contributed by atoms with E-state index in [1.807, 2.05) is 25.1 Å². The maximum Gasteiger partial charge on any atom is 0.200 e. The third kappa shape index (κ3) is 1.65. The van der Waals surface area contributed by atoms with Gasteiger partial charge in [-0.2, -0.15) is 0 Å². The van der Waals surface area contributed by atoms with E-state index in [4.69, 9.17) is 5.73 Å². The first-order valence-corrected chi connectivity index (χ1v) is 5.49. The van der Waals surface area contributed by atoms with Crippen LogP contribution in [0.2, 0.25) is 0 Å². The minimum Gasteiger partial charge on any atom is -0.390 e. The van der Waals surface area contributed by atoms with Gasteiger partial charge < -0.3 is 5.73 Å². The molecule has 0 amide bonds. The standard InChI is InChI=1S/C12H9NO2S/c1-7-2-3-8-10(6-7)16-12(13)11(8)9(15)4-5-14/h2-4,6H,13H2,1H3. The first-order valence-electron chi connectivity index (χ1n) is 4.67. The molecule has 0 atom stereocenters. The molecule has 2 rings (SSSR count). The van der Waals surface area contributed by atoms with Crippen molar-refractivity contribution in [2.75, 3.05) is 5.73 Å². The minimum atomic E-state index is -0.386. The summed E-state index contributed by atoms with van der Waals surface area (Å²) in [5.74, 6) is 1.10. The number of nitrogen functional groups attached to an aromatic ring is 1. The summed E-state index contributed by atoms with van der Waals surface area (Å²) in [6.07, 6.45) is 0.873. The van der Waals surface area contributed by atoms with Crippen molar-refractivity contribution in [3.63, 3.8) is 0 Å². The van der Waals surface area contributed by atoms with Gasteiger partial charge in [0.15, 0.2) is 5.78 Å². The van der Waals surface area contributed by atoms with Crippen molar-refractivity contribution in [1.82, 2.24) is 0 Å². The number of thiophene rings is 1. The number of nitrogens with two attached hydrogens (primary N) is 1. The van der Waals surface area contributed by atoms with E-state index >= 15 is 0 Å². The SMILES string of the molecule is Cc1ccc2c(C(=O)C=C=O)c(N)sc2c1. The van der Waals surface area contributed by atoms with Gasteiger partial charge in [-0.15, -0.1) is 11.3 Å². The van der Waals surface area contributed by atoms with Crippen molar-refractivity contribution < 1.29 is 9.59 Å². The molecule has 3 nitrogen and oxygen atoms in total. The van der Waals surface area contributed by atoms with Gasteiger partial charge in [-0.1, -0.05) is 12.1 Å². The molecule has 80 valence electrons. The second kappa shape index (κ2) is 3.93. The predicted molar refractivity (Wildman–Crippen MR) is 65.6 cm³/mol. The molecular weight excluding hydrogens is 222 g/mol. The molecule has 0 saturated carbocycles. The summed E-state index contributed by atoms with van der Waals surface area (Å²) in [6, 6.07) is 5.73. The monoisotopic (exact) mass is 231 g/mol. The number of ketones is 1. The number of hydrogen-bond donors (Lipinski definition) is 1. The van der Waals surface area contributed by atoms with Crippen molar-refractivity contribution in [1.29, 1.82) is 0 Å². The highest BCUT2D eigenvalue weighted by molar-refractivity contribution is 7.23. The number of carbonyl (C=O) groups excluding carboxylic acids is 2. The van der Waals surface area contributed by atoms with Crippen molar-refractivity contribution >= 4 is 38.1 Å². The van der Waals surface area contributed by atoms with Gasteiger partial charge in [-0.25, -0.2) is 4.79 Å². The molecule has 2 aromatic rings. The predicted octanol–water partition coefficient (Wildman–Crippen LogP) is 2.36. The van der Waals surface area contributed by atoms with Crippen LogP contribution in [-0.2, 0) is 4.79 Å². The van der Waals surface area contributed by atoms with E-state index in [1.165, 1.54) is 17.3 Å². The number of benzene rings is 1. The molecule has 1 aromatic heterocycles. The average molecular weight is 231 g/mol. The molecule has 0 bridgehead atoms. The molecule has 0 aliphatic carbocycles. The molecular formula is C12H9NO2S. The number of hydrogen-bond acceptors (Lipinski definition) is 4. The van der Waals surface area contributed by atoms with Crippen LogP contribution in [0.25, 0.3) is 10.1 Å². The normalized spacial score (nSPS) is 10.1. The molecule has 0 unspecified atom stereocenters. The Hall–Kier alpha value is -1.90. The van der Waals surface area contributed by atoms with Crippen molar-refractivity contribution in [3.8, 4) is 0 Å². The highest BCUT2D eigenvalue weighted by Crippen LogP contribution is 2.34. The quantitative estimate of drug-likeness (QED) is 0.490. The molecule has 0 saturated heterocycles. The third-order valence-corrected chi connectivity index (χ3v) is 3.29. The molecule has 1 heterocycles. The lowest BCUT2D eigenvalue weighted by molar-refractivity contribution is 0.105. The highest BCUT2D eigenvalue weighted by Gasteiger charge is 2.15. The van der Waals surface area contributed by atoms with Gasteiger partial charge in [0, 0.05) is 10.1 Å². The smallest absolute Gasteiger partial charge is 0.200 e. The third-order valence-electron chi connectivity index (χ3n) is 2.31. The Morgan fingerprint density at radius 2 is 2.25 bits per heavy atom. The average Bonchev–Trinajstić information content (AvgIpc) is 2.53. The molecule has 0 radical (unpaired) electrons. The fraction of sp³-hybridized carbons (Fsp3) is 0.0833. The topological polar surface area (TPSA) is 60.2 Å². The minimum absolute atomic E-state index is 0.386. The van der Waals surface area contributed by atoms with Gasteiger partial charge in [0.2, 0.25) is 0 Å². The molecule has 2 N–H and O–H groups in total. The Bertz CT molecular complexity index is 621. The second-order valence-electron chi connectivity index (χ2n) is 3.47. The summed E-state index contributed by atoms with van der Waals surface area (Å²) in [5.41, 5.74) is 7.30. The largest absolute Gasteiger partial charge is 0.390 e.